The lowest BCUT2D eigenvalue weighted by molar-refractivity contribution is 0.508. The van der Waals surface area contributed by atoms with Crippen LogP contribution < -0.4 is 5.32 Å². The highest BCUT2D eigenvalue weighted by molar-refractivity contribution is 5.17. The Morgan fingerprint density at radius 3 is 2.79 bits per heavy atom. The Balaban J connectivity index is 2.04. The SMILES string of the molecule is CCCC(NCC)c1ccn(Cc2cnn(C)c2)c1. The Bertz CT molecular complexity index is 492. The van der Waals surface area contributed by atoms with E-state index in [9.17, 15) is 0 Å². The number of hydrogen-bond acceptors (Lipinski definition) is 2. The summed E-state index contributed by atoms with van der Waals surface area (Å²) in [6.45, 7) is 6.30. The predicted octanol–water partition coefficient (Wildman–Crippen LogP) is 2.72. The van der Waals surface area contributed by atoms with Crippen molar-refractivity contribution < 1.29 is 0 Å². The fraction of sp³-hybridized carbons (Fsp3) is 0.533. The first-order valence-electron chi connectivity index (χ1n) is 7.09. The molecule has 1 atom stereocenters. The number of aryl methyl sites for hydroxylation is 1. The van der Waals surface area contributed by atoms with Crippen LogP contribution in [0.5, 0.6) is 0 Å². The first-order valence-corrected chi connectivity index (χ1v) is 7.09. The highest BCUT2D eigenvalue weighted by Gasteiger charge is 2.10. The Hall–Kier alpha value is -1.55. The van der Waals surface area contributed by atoms with Gasteiger partial charge in [-0.25, -0.2) is 0 Å². The summed E-state index contributed by atoms with van der Waals surface area (Å²) in [6, 6.07) is 2.70. The molecule has 104 valence electrons. The molecule has 0 aliphatic heterocycles. The molecule has 1 unspecified atom stereocenters. The second-order valence-corrected chi connectivity index (χ2v) is 5.04. The first-order chi connectivity index (χ1) is 9.22. The lowest BCUT2D eigenvalue weighted by Gasteiger charge is -2.15. The summed E-state index contributed by atoms with van der Waals surface area (Å²) >= 11 is 0. The quantitative estimate of drug-likeness (QED) is 0.830. The van der Waals surface area contributed by atoms with Crippen LogP contribution >= 0.6 is 0 Å². The third-order valence-electron chi connectivity index (χ3n) is 3.33. The molecule has 0 fully saturated rings. The molecule has 2 heterocycles. The Labute approximate surface area is 115 Å². The lowest BCUT2D eigenvalue weighted by atomic mass is 10.1. The van der Waals surface area contributed by atoms with Crippen molar-refractivity contribution in [2.75, 3.05) is 6.54 Å². The maximum Gasteiger partial charge on any atom is 0.0539 e. The van der Waals surface area contributed by atoms with E-state index in [1.807, 2.05) is 17.9 Å². The Morgan fingerprint density at radius 1 is 1.32 bits per heavy atom. The van der Waals surface area contributed by atoms with Gasteiger partial charge < -0.3 is 9.88 Å². The highest BCUT2D eigenvalue weighted by Crippen LogP contribution is 2.19. The van der Waals surface area contributed by atoms with E-state index in [-0.39, 0.29) is 0 Å². The Morgan fingerprint density at radius 2 is 2.16 bits per heavy atom. The third kappa shape index (κ3) is 3.70. The van der Waals surface area contributed by atoms with Crippen molar-refractivity contribution in [1.29, 1.82) is 0 Å². The molecule has 4 nitrogen and oxygen atoms in total. The van der Waals surface area contributed by atoms with Gasteiger partial charge in [-0.2, -0.15) is 5.10 Å². The van der Waals surface area contributed by atoms with Gasteiger partial charge in [0.15, 0.2) is 0 Å². The predicted molar refractivity (Wildman–Crippen MR) is 78.1 cm³/mol. The second-order valence-electron chi connectivity index (χ2n) is 5.04. The Kier molecular flexibility index (Phi) is 4.80. The van der Waals surface area contributed by atoms with Crippen molar-refractivity contribution in [1.82, 2.24) is 19.7 Å². The van der Waals surface area contributed by atoms with Crippen LogP contribution in [0, 0.1) is 0 Å². The molecule has 0 aromatic carbocycles. The molecule has 0 amide bonds. The van der Waals surface area contributed by atoms with Gasteiger partial charge in [-0.3, -0.25) is 4.68 Å². The minimum Gasteiger partial charge on any atom is -0.349 e. The molecule has 0 saturated carbocycles. The summed E-state index contributed by atoms with van der Waals surface area (Å²) in [5, 5.41) is 7.76. The van der Waals surface area contributed by atoms with Crippen LogP contribution in [0.3, 0.4) is 0 Å². The smallest absolute Gasteiger partial charge is 0.0539 e. The van der Waals surface area contributed by atoms with Crippen molar-refractivity contribution >= 4 is 0 Å². The molecule has 0 saturated heterocycles. The third-order valence-corrected chi connectivity index (χ3v) is 3.33. The van der Waals surface area contributed by atoms with E-state index in [4.69, 9.17) is 0 Å². The van der Waals surface area contributed by atoms with Gasteiger partial charge in [0, 0.05) is 37.2 Å². The van der Waals surface area contributed by atoms with Crippen LogP contribution in [-0.2, 0) is 13.6 Å². The average molecular weight is 260 g/mol. The molecule has 19 heavy (non-hydrogen) atoms. The van der Waals surface area contributed by atoms with Crippen LogP contribution in [0.4, 0.5) is 0 Å². The van der Waals surface area contributed by atoms with Crippen molar-refractivity contribution in [3.8, 4) is 0 Å². The first kappa shape index (κ1) is 13.9. The van der Waals surface area contributed by atoms with E-state index >= 15 is 0 Å². The standard InChI is InChI=1S/C15H24N4/c1-4-6-15(16-5-2)14-7-8-19(12-14)11-13-9-17-18(3)10-13/h7-10,12,15-16H,4-6,11H2,1-3H3. The molecule has 4 heteroatoms. The number of nitrogens with one attached hydrogen (secondary N) is 1. The molecule has 2 aromatic heterocycles. The minimum atomic E-state index is 0.477. The number of aromatic nitrogens is 3. The van der Waals surface area contributed by atoms with E-state index in [1.165, 1.54) is 24.0 Å². The van der Waals surface area contributed by atoms with Crippen LogP contribution in [-0.4, -0.2) is 20.9 Å². The summed E-state index contributed by atoms with van der Waals surface area (Å²) in [6.07, 6.45) is 10.8. The second kappa shape index (κ2) is 6.57. The minimum absolute atomic E-state index is 0.477. The van der Waals surface area contributed by atoms with Crippen molar-refractivity contribution in [2.24, 2.45) is 7.05 Å². The van der Waals surface area contributed by atoms with Crippen LogP contribution in [0.15, 0.2) is 30.9 Å². The molecule has 2 aromatic rings. The topological polar surface area (TPSA) is 34.8 Å². The van der Waals surface area contributed by atoms with Gasteiger partial charge in [0.25, 0.3) is 0 Å². The number of rotatable bonds is 7. The number of nitrogens with zero attached hydrogens (tertiary/aromatic N) is 3. The van der Waals surface area contributed by atoms with Gasteiger partial charge in [-0.15, -0.1) is 0 Å². The van der Waals surface area contributed by atoms with Crippen molar-refractivity contribution in [2.45, 2.75) is 39.3 Å². The summed E-state index contributed by atoms with van der Waals surface area (Å²) in [7, 11) is 1.95. The zero-order chi connectivity index (χ0) is 13.7. The normalized spacial score (nSPS) is 12.8. The summed E-state index contributed by atoms with van der Waals surface area (Å²) in [5.41, 5.74) is 2.62. The van der Waals surface area contributed by atoms with Crippen LogP contribution in [0.25, 0.3) is 0 Å². The van der Waals surface area contributed by atoms with Crippen molar-refractivity contribution in [3.05, 3.63) is 42.0 Å². The zero-order valence-electron chi connectivity index (χ0n) is 12.1. The van der Waals surface area contributed by atoms with E-state index in [0.717, 1.165) is 13.1 Å². The van der Waals surface area contributed by atoms with Gasteiger partial charge in [0.1, 0.15) is 0 Å². The van der Waals surface area contributed by atoms with E-state index in [0.29, 0.717) is 6.04 Å². The van der Waals surface area contributed by atoms with E-state index in [1.54, 1.807) is 0 Å². The maximum atomic E-state index is 4.20. The molecule has 0 aliphatic rings. The molecular formula is C15H24N4. The van der Waals surface area contributed by atoms with E-state index in [2.05, 4.69) is 53.5 Å². The van der Waals surface area contributed by atoms with Crippen LogP contribution in [0.1, 0.15) is 43.9 Å². The fourth-order valence-electron chi connectivity index (χ4n) is 2.45. The van der Waals surface area contributed by atoms with Gasteiger partial charge in [-0.05, 0) is 24.6 Å². The fourth-order valence-corrected chi connectivity index (χ4v) is 2.45. The van der Waals surface area contributed by atoms with E-state index < -0.39 is 0 Å². The molecule has 0 radical (unpaired) electrons. The monoisotopic (exact) mass is 260 g/mol. The largest absolute Gasteiger partial charge is 0.349 e. The average Bonchev–Trinajstić information content (AvgIpc) is 2.99. The molecular weight excluding hydrogens is 236 g/mol. The molecule has 0 bridgehead atoms. The zero-order valence-corrected chi connectivity index (χ0v) is 12.1. The summed E-state index contributed by atoms with van der Waals surface area (Å²) < 4.78 is 4.07. The molecule has 0 aliphatic carbocycles. The highest BCUT2D eigenvalue weighted by atomic mass is 15.2. The molecule has 1 N–H and O–H groups in total. The van der Waals surface area contributed by atoms with Crippen molar-refractivity contribution in [3.63, 3.8) is 0 Å². The molecule has 2 rings (SSSR count). The lowest BCUT2D eigenvalue weighted by Crippen LogP contribution is -2.20. The van der Waals surface area contributed by atoms with Gasteiger partial charge >= 0.3 is 0 Å². The summed E-state index contributed by atoms with van der Waals surface area (Å²) in [5.74, 6) is 0. The van der Waals surface area contributed by atoms with Gasteiger partial charge in [0.2, 0.25) is 0 Å². The number of hydrogen-bond donors (Lipinski definition) is 1. The van der Waals surface area contributed by atoms with Gasteiger partial charge in [0.05, 0.1) is 12.7 Å². The van der Waals surface area contributed by atoms with Crippen LogP contribution in [0.2, 0.25) is 0 Å². The summed E-state index contributed by atoms with van der Waals surface area (Å²) in [4.78, 5) is 0. The van der Waals surface area contributed by atoms with Gasteiger partial charge in [-0.1, -0.05) is 20.3 Å². The molecule has 0 spiro atoms. The maximum absolute atomic E-state index is 4.20.